The zero-order chi connectivity index (χ0) is 23.9. The van der Waals surface area contributed by atoms with Crippen molar-refractivity contribution in [1.29, 1.82) is 0 Å². The Balaban J connectivity index is 1.29. The van der Waals surface area contributed by atoms with Gasteiger partial charge in [0.05, 0.1) is 11.0 Å². The van der Waals surface area contributed by atoms with Crippen LogP contribution >= 0.6 is 0 Å². The minimum Gasteiger partial charge on any atom is -0.352 e. The molecule has 3 aromatic rings. The zero-order valence-corrected chi connectivity index (χ0v) is 19.8. The average Bonchev–Trinajstić information content (AvgIpc) is 3.19. The van der Waals surface area contributed by atoms with E-state index in [9.17, 15) is 14.0 Å². The summed E-state index contributed by atoms with van der Waals surface area (Å²) in [6.45, 7) is 4.82. The summed E-state index contributed by atoms with van der Waals surface area (Å²) in [6.07, 6.45) is 5.63. The number of para-hydroxylation sites is 2. The van der Waals surface area contributed by atoms with Crippen LogP contribution in [0.4, 0.5) is 4.39 Å². The number of amides is 2. The van der Waals surface area contributed by atoms with E-state index in [0.717, 1.165) is 68.5 Å². The molecule has 0 spiro atoms. The van der Waals surface area contributed by atoms with Gasteiger partial charge in [0, 0.05) is 31.6 Å². The highest BCUT2D eigenvalue weighted by atomic mass is 19.1. The van der Waals surface area contributed by atoms with E-state index in [1.165, 1.54) is 24.3 Å². The molecule has 1 N–H and O–H groups in total. The summed E-state index contributed by atoms with van der Waals surface area (Å²) in [7, 11) is 0. The van der Waals surface area contributed by atoms with Crippen molar-refractivity contribution in [3.05, 3.63) is 65.7 Å². The van der Waals surface area contributed by atoms with Crippen molar-refractivity contribution in [1.82, 2.24) is 19.8 Å². The molecule has 1 saturated heterocycles. The number of piperidine rings is 1. The maximum absolute atomic E-state index is 13.0. The fourth-order valence-electron chi connectivity index (χ4n) is 4.48. The molecular weight excluding hydrogens is 431 g/mol. The number of nitrogens with one attached hydrogen (secondary N) is 1. The highest BCUT2D eigenvalue weighted by molar-refractivity contribution is 5.94. The number of carbonyl (C=O) groups excluding carboxylic acids is 2. The van der Waals surface area contributed by atoms with E-state index in [1.54, 1.807) is 0 Å². The summed E-state index contributed by atoms with van der Waals surface area (Å²) in [5.74, 6) is 1.26. The van der Waals surface area contributed by atoms with Crippen LogP contribution in [0, 0.1) is 11.7 Å². The van der Waals surface area contributed by atoms with Crippen molar-refractivity contribution in [2.75, 3.05) is 19.6 Å². The van der Waals surface area contributed by atoms with E-state index >= 15 is 0 Å². The fourth-order valence-corrected chi connectivity index (χ4v) is 4.48. The second kappa shape index (κ2) is 11.3. The van der Waals surface area contributed by atoms with Gasteiger partial charge in [-0.1, -0.05) is 25.5 Å². The average molecular weight is 465 g/mol. The van der Waals surface area contributed by atoms with E-state index in [-0.39, 0.29) is 17.6 Å². The van der Waals surface area contributed by atoms with Gasteiger partial charge in [0.2, 0.25) is 5.91 Å². The first-order valence-corrected chi connectivity index (χ1v) is 12.3. The molecule has 2 heterocycles. The number of nitrogens with zero attached hydrogens (tertiary/aromatic N) is 3. The topological polar surface area (TPSA) is 67.2 Å². The van der Waals surface area contributed by atoms with Crippen LogP contribution < -0.4 is 5.32 Å². The second-order valence-electron chi connectivity index (χ2n) is 9.24. The van der Waals surface area contributed by atoms with Crippen LogP contribution in [-0.2, 0) is 17.8 Å². The smallest absolute Gasteiger partial charge is 0.251 e. The quantitative estimate of drug-likeness (QED) is 0.472. The molecule has 2 amide bonds. The minimum atomic E-state index is -0.352. The van der Waals surface area contributed by atoms with Crippen LogP contribution in [0.25, 0.3) is 11.0 Å². The van der Waals surface area contributed by atoms with Crippen LogP contribution in [0.1, 0.15) is 55.2 Å². The van der Waals surface area contributed by atoms with Crippen LogP contribution in [0.5, 0.6) is 0 Å². The maximum atomic E-state index is 13.0. The van der Waals surface area contributed by atoms with Crippen molar-refractivity contribution < 1.29 is 14.0 Å². The van der Waals surface area contributed by atoms with Gasteiger partial charge in [-0.2, -0.15) is 0 Å². The molecule has 4 rings (SSSR count). The molecule has 0 bridgehead atoms. The molecule has 1 aliphatic heterocycles. The van der Waals surface area contributed by atoms with Crippen LogP contribution in [0.3, 0.4) is 0 Å². The predicted octanol–water partition coefficient (Wildman–Crippen LogP) is 4.58. The third-order valence-corrected chi connectivity index (χ3v) is 6.63. The summed E-state index contributed by atoms with van der Waals surface area (Å²) in [5.41, 5.74) is 2.38. The first kappa shape index (κ1) is 23.9. The van der Waals surface area contributed by atoms with Crippen molar-refractivity contribution in [3.8, 4) is 0 Å². The van der Waals surface area contributed by atoms with Gasteiger partial charge < -0.3 is 14.8 Å². The summed E-state index contributed by atoms with van der Waals surface area (Å²) in [4.78, 5) is 31.9. The number of imidazole rings is 1. The first-order valence-electron chi connectivity index (χ1n) is 12.3. The van der Waals surface area contributed by atoms with Crippen LogP contribution in [0.2, 0.25) is 0 Å². The second-order valence-corrected chi connectivity index (χ2v) is 9.24. The lowest BCUT2D eigenvalue weighted by Gasteiger charge is -2.30. The number of fused-ring (bicyclic) bond motifs is 1. The molecule has 180 valence electrons. The number of halogens is 1. The number of hydrogen-bond donors (Lipinski definition) is 1. The number of benzene rings is 2. The van der Waals surface area contributed by atoms with Gasteiger partial charge in [-0.05, 0) is 68.0 Å². The highest BCUT2D eigenvalue weighted by Gasteiger charge is 2.22. The Morgan fingerprint density at radius 1 is 1.03 bits per heavy atom. The monoisotopic (exact) mass is 464 g/mol. The minimum absolute atomic E-state index is 0.166. The Labute approximate surface area is 200 Å². The number of aryl methyl sites for hydroxylation is 1. The van der Waals surface area contributed by atoms with E-state index in [0.29, 0.717) is 24.6 Å². The van der Waals surface area contributed by atoms with Gasteiger partial charge >= 0.3 is 0 Å². The molecule has 0 saturated carbocycles. The van der Waals surface area contributed by atoms with Gasteiger partial charge in [-0.15, -0.1) is 0 Å². The van der Waals surface area contributed by atoms with E-state index in [4.69, 9.17) is 4.98 Å². The van der Waals surface area contributed by atoms with E-state index < -0.39 is 0 Å². The predicted molar refractivity (Wildman–Crippen MR) is 131 cm³/mol. The lowest BCUT2D eigenvalue weighted by Crippen LogP contribution is -2.39. The van der Waals surface area contributed by atoms with Crippen molar-refractivity contribution in [2.45, 2.75) is 52.0 Å². The molecule has 34 heavy (non-hydrogen) atoms. The molecule has 1 aliphatic rings. The van der Waals surface area contributed by atoms with Crippen molar-refractivity contribution >= 4 is 22.8 Å². The normalized spacial score (nSPS) is 14.5. The maximum Gasteiger partial charge on any atom is 0.251 e. The van der Waals surface area contributed by atoms with Gasteiger partial charge in [-0.25, -0.2) is 9.37 Å². The number of likely N-dealkylation sites (tertiary alicyclic amines) is 1. The molecule has 7 heteroatoms. The highest BCUT2D eigenvalue weighted by Crippen LogP contribution is 2.20. The molecule has 6 nitrogen and oxygen atoms in total. The Hall–Kier alpha value is -3.22. The van der Waals surface area contributed by atoms with Crippen LogP contribution in [0.15, 0.2) is 48.5 Å². The lowest BCUT2D eigenvalue weighted by atomic mass is 9.99. The summed E-state index contributed by atoms with van der Waals surface area (Å²) in [5, 5.41) is 2.88. The van der Waals surface area contributed by atoms with E-state index in [1.807, 2.05) is 29.2 Å². The van der Waals surface area contributed by atoms with Crippen LogP contribution in [-0.4, -0.2) is 45.9 Å². The number of aromatic nitrogens is 2. The molecule has 0 radical (unpaired) electrons. The zero-order valence-electron chi connectivity index (χ0n) is 19.8. The third-order valence-electron chi connectivity index (χ3n) is 6.63. The Morgan fingerprint density at radius 2 is 1.76 bits per heavy atom. The van der Waals surface area contributed by atoms with Gasteiger partial charge in [0.15, 0.2) is 0 Å². The van der Waals surface area contributed by atoms with Gasteiger partial charge in [-0.3, -0.25) is 9.59 Å². The van der Waals surface area contributed by atoms with Crippen molar-refractivity contribution in [3.63, 3.8) is 0 Å². The Bertz CT molecular complexity index is 1120. The summed E-state index contributed by atoms with van der Waals surface area (Å²) < 4.78 is 15.1. The fraction of sp³-hybridized carbons (Fsp3) is 0.444. The summed E-state index contributed by atoms with van der Waals surface area (Å²) in [6, 6.07) is 13.5. The van der Waals surface area contributed by atoms with Crippen molar-refractivity contribution in [2.24, 2.45) is 5.92 Å². The largest absolute Gasteiger partial charge is 0.352 e. The number of unbranched alkanes of at least 4 members (excludes halogenated alkanes) is 2. The van der Waals surface area contributed by atoms with E-state index in [2.05, 4.69) is 16.8 Å². The Morgan fingerprint density at radius 3 is 2.53 bits per heavy atom. The lowest BCUT2D eigenvalue weighted by molar-refractivity contribution is -0.133. The Kier molecular flexibility index (Phi) is 7.93. The molecule has 2 aromatic carbocycles. The summed E-state index contributed by atoms with van der Waals surface area (Å²) >= 11 is 0. The van der Waals surface area contributed by atoms with Gasteiger partial charge in [0.25, 0.3) is 5.91 Å². The molecule has 0 aliphatic carbocycles. The molecule has 0 atom stereocenters. The standard InChI is InChI=1S/C27H33FN4O2/c1-20-14-17-31(18-15-20)26(33)19-32-24-8-5-4-7-23(24)30-25(32)9-3-2-6-16-29-27(34)21-10-12-22(28)13-11-21/h4-5,7-8,10-13,20H,2-3,6,9,14-19H2,1H3,(H,29,34). The molecule has 1 aromatic heterocycles. The SMILES string of the molecule is CC1CCN(C(=O)Cn2c(CCCCCNC(=O)c3ccc(F)cc3)nc3ccccc32)CC1. The third kappa shape index (κ3) is 6.01. The molecular formula is C27H33FN4O2. The first-order chi connectivity index (χ1) is 16.5. The molecule has 1 fully saturated rings. The molecule has 0 unspecified atom stereocenters. The van der Waals surface area contributed by atoms with Gasteiger partial charge in [0.1, 0.15) is 18.2 Å². The number of hydrogen-bond acceptors (Lipinski definition) is 3. The number of rotatable bonds is 9. The number of carbonyl (C=O) groups is 2.